The van der Waals surface area contributed by atoms with E-state index in [9.17, 15) is 4.79 Å². The van der Waals surface area contributed by atoms with Crippen LogP contribution in [-0.4, -0.2) is 22.4 Å². The second-order valence-corrected chi connectivity index (χ2v) is 4.74. The van der Waals surface area contributed by atoms with Crippen LogP contribution in [0.25, 0.3) is 10.8 Å². The molecule has 0 spiro atoms. The fourth-order valence-electron chi connectivity index (χ4n) is 2.02. The number of anilines is 2. The van der Waals surface area contributed by atoms with Crippen molar-refractivity contribution in [2.75, 3.05) is 17.2 Å². The average Bonchev–Trinajstić information content (AvgIpc) is 3.23. The van der Waals surface area contributed by atoms with Gasteiger partial charge in [-0.3, -0.25) is 4.79 Å². The molecule has 3 rings (SSSR count). The molecule has 2 N–H and O–H groups in total. The van der Waals surface area contributed by atoms with Crippen LogP contribution in [0.15, 0.2) is 24.5 Å². The standard InChI is InChI=1S/C14H16N4O/c1-2-15-13-11-8-17-12(7-10(11)5-6-16-13)18-14(19)9-3-4-9/h5-9H,2-4H2,1H3,(H,15,16)(H,17,18,19). The van der Waals surface area contributed by atoms with Gasteiger partial charge in [-0.2, -0.15) is 0 Å². The number of carbonyl (C=O) groups is 1. The van der Waals surface area contributed by atoms with Crippen LogP contribution >= 0.6 is 0 Å². The first kappa shape index (κ1) is 11.9. The Labute approximate surface area is 111 Å². The molecule has 0 aromatic carbocycles. The molecule has 5 heteroatoms. The van der Waals surface area contributed by atoms with Crippen molar-refractivity contribution in [1.29, 1.82) is 0 Å². The zero-order valence-corrected chi connectivity index (χ0v) is 10.8. The third kappa shape index (κ3) is 2.50. The fraction of sp³-hybridized carbons (Fsp3) is 0.357. The molecule has 1 aliphatic carbocycles. The first-order valence-electron chi connectivity index (χ1n) is 6.57. The first-order valence-corrected chi connectivity index (χ1v) is 6.57. The minimum Gasteiger partial charge on any atom is -0.370 e. The number of aromatic nitrogens is 2. The van der Waals surface area contributed by atoms with Gasteiger partial charge in [0.05, 0.1) is 0 Å². The average molecular weight is 256 g/mol. The van der Waals surface area contributed by atoms with Crippen LogP contribution in [0.1, 0.15) is 19.8 Å². The summed E-state index contributed by atoms with van der Waals surface area (Å²) in [5, 5.41) is 8.04. The van der Waals surface area contributed by atoms with Crippen LogP contribution < -0.4 is 10.6 Å². The lowest BCUT2D eigenvalue weighted by molar-refractivity contribution is -0.117. The lowest BCUT2D eigenvalue weighted by Crippen LogP contribution is -2.14. The number of rotatable bonds is 4. The smallest absolute Gasteiger partial charge is 0.228 e. The second kappa shape index (κ2) is 4.84. The quantitative estimate of drug-likeness (QED) is 0.881. The van der Waals surface area contributed by atoms with Crippen molar-refractivity contribution in [1.82, 2.24) is 9.97 Å². The summed E-state index contributed by atoms with van der Waals surface area (Å²) in [4.78, 5) is 20.3. The van der Waals surface area contributed by atoms with Gasteiger partial charge in [0, 0.05) is 30.2 Å². The molecule has 2 aromatic rings. The van der Waals surface area contributed by atoms with Gasteiger partial charge in [0.15, 0.2) is 0 Å². The highest BCUT2D eigenvalue weighted by atomic mass is 16.2. The maximum Gasteiger partial charge on any atom is 0.228 e. The van der Waals surface area contributed by atoms with Crippen molar-refractivity contribution < 1.29 is 4.79 Å². The largest absolute Gasteiger partial charge is 0.370 e. The van der Waals surface area contributed by atoms with E-state index in [0.29, 0.717) is 5.82 Å². The Morgan fingerprint density at radius 1 is 1.42 bits per heavy atom. The zero-order chi connectivity index (χ0) is 13.2. The van der Waals surface area contributed by atoms with Crippen molar-refractivity contribution in [3.63, 3.8) is 0 Å². The monoisotopic (exact) mass is 256 g/mol. The lowest BCUT2D eigenvalue weighted by Gasteiger charge is -2.08. The molecule has 2 aromatic heterocycles. The normalized spacial score (nSPS) is 14.4. The highest BCUT2D eigenvalue weighted by Crippen LogP contribution is 2.30. The number of carbonyl (C=O) groups excluding carboxylic acids is 1. The molecular weight excluding hydrogens is 240 g/mol. The van der Waals surface area contributed by atoms with E-state index in [0.717, 1.165) is 36.0 Å². The molecule has 1 aliphatic rings. The van der Waals surface area contributed by atoms with Crippen molar-refractivity contribution in [3.05, 3.63) is 24.5 Å². The molecule has 0 bridgehead atoms. The summed E-state index contributed by atoms with van der Waals surface area (Å²) in [6.45, 7) is 2.84. The Kier molecular flexibility index (Phi) is 3.03. The predicted molar refractivity (Wildman–Crippen MR) is 75.1 cm³/mol. The number of nitrogens with one attached hydrogen (secondary N) is 2. The highest BCUT2D eigenvalue weighted by Gasteiger charge is 2.29. The van der Waals surface area contributed by atoms with Gasteiger partial charge < -0.3 is 10.6 Å². The molecule has 5 nitrogen and oxygen atoms in total. The van der Waals surface area contributed by atoms with Crippen molar-refractivity contribution in [2.24, 2.45) is 5.92 Å². The van der Waals surface area contributed by atoms with Gasteiger partial charge in [0.1, 0.15) is 11.6 Å². The van der Waals surface area contributed by atoms with Gasteiger partial charge in [0.25, 0.3) is 0 Å². The van der Waals surface area contributed by atoms with E-state index >= 15 is 0 Å². The van der Waals surface area contributed by atoms with E-state index < -0.39 is 0 Å². The van der Waals surface area contributed by atoms with E-state index in [1.54, 1.807) is 12.4 Å². The highest BCUT2D eigenvalue weighted by molar-refractivity contribution is 5.97. The minimum absolute atomic E-state index is 0.0767. The van der Waals surface area contributed by atoms with Crippen LogP contribution in [0, 0.1) is 5.92 Å². The Morgan fingerprint density at radius 3 is 3.00 bits per heavy atom. The third-order valence-electron chi connectivity index (χ3n) is 3.19. The van der Waals surface area contributed by atoms with E-state index in [2.05, 4.69) is 20.6 Å². The molecule has 1 amide bonds. The molecule has 1 saturated carbocycles. The Hall–Kier alpha value is -2.17. The number of hydrogen-bond donors (Lipinski definition) is 2. The van der Waals surface area contributed by atoms with Gasteiger partial charge in [-0.05, 0) is 37.3 Å². The van der Waals surface area contributed by atoms with E-state index in [4.69, 9.17) is 0 Å². The SMILES string of the molecule is CCNc1nccc2cc(NC(=O)C3CC3)ncc12. The molecule has 2 heterocycles. The van der Waals surface area contributed by atoms with Crippen LogP contribution in [-0.2, 0) is 4.79 Å². The molecule has 98 valence electrons. The molecular formula is C14H16N4O. The maximum absolute atomic E-state index is 11.7. The zero-order valence-electron chi connectivity index (χ0n) is 10.8. The van der Waals surface area contributed by atoms with Gasteiger partial charge in [-0.25, -0.2) is 9.97 Å². The van der Waals surface area contributed by atoms with Gasteiger partial charge in [-0.1, -0.05) is 0 Å². The Balaban J connectivity index is 1.90. The van der Waals surface area contributed by atoms with Crippen LogP contribution in [0.5, 0.6) is 0 Å². The Morgan fingerprint density at radius 2 is 2.26 bits per heavy atom. The summed E-state index contributed by atoms with van der Waals surface area (Å²) in [5.41, 5.74) is 0. The molecule has 0 saturated heterocycles. The lowest BCUT2D eigenvalue weighted by atomic mass is 10.2. The number of fused-ring (bicyclic) bond motifs is 1. The molecule has 0 aliphatic heterocycles. The summed E-state index contributed by atoms with van der Waals surface area (Å²) in [6.07, 6.45) is 5.50. The van der Waals surface area contributed by atoms with Gasteiger partial charge in [0.2, 0.25) is 5.91 Å². The first-order chi connectivity index (χ1) is 9.28. The molecule has 19 heavy (non-hydrogen) atoms. The summed E-state index contributed by atoms with van der Waals surface area (Å²) in [5.74, 6) is 1.70. The van der Waals surface area contributed by atoms with Crippen molar-refractivity contribution in [3.8, 4) is 0 Å². The van der Waals surface area contributed by atoms with Gasteiger partial charge in [-0.15, -0.1) is 0 Å². The van der Waals surface area contributed by atoms with Crippen LogP contribution in [0.4, 0.5) is 11.6 Å². The fourth-order valence-corrected chi connectivity index (χ4v) is 2.02. The number of pyridine rings is 2. The van der Waals surface area contributed by atoms with Crippen molar-refractivity contribution >= 4 is 28.3 Å². The summed E-state index contributed by atoms with van der Waals surface area (Å²) in [6, 6.07) is 3.81. The van der Waals surface area contributed by atoms with Crippen LogP contribution in [0.3, 0.4) is 0 Å². The van der Waals surface area contributed by atoms with E-state index in [1.807, 2.05) is 19.1 Å². The molecule has 0 unspecified atom stereocenters. The Bertz CT molecular complexity index is 622. The molecule has 0 radical (unpaired) electrons. The minimum atomic E-state index is 0.0767. The van der Waals surface area contributed by atoms with Crippen molar-refractivity contribution in [2.45, 2.75) is 19.8 Å². The topological polar surface area (TPSA) is 66.9 Å². The predicted octanol–water partition coefficient (Wildman–Crippen LogP) is 2.41. The third-order valence-corrected chi connectivity index (χ3v) is 3.19. The number of amides is 1. The van der Waals surface area contributed by atoms with E-state index in [-0.39, 0.29) is 11.8 Å². The summed E-state index contributed by atoms with van der Waals surface area (Å²) < 4.78 is 0. The summed E-state index contributed by atoms with van der Waals surface area (Å²) in [7, 11) is 0. The summed E-state index contributed by atoms with van der Waals surface area (Å²) >= 11 is 0. The number of nitrogens with zero attached hydrogens (tertiary/aromatic N) is 2. The van der Waals surface area contributed by atoms with E-state index in [1.165, 1.54) is 0 Å². The van der Waals surface area contributed by atoms with Gasteiger partial charge >= 0.3 is 0 Å². The molecule has 1 fully saturated rings. The molecule has 0 atom stereocenters. The maximum atomic E-state index is 11.7. The number of hydrogen-bond acceptors (Lipinski definition) is 4. The van der Waals surface area contributed by atoms with Crippen LogP contribution in [0.2, 0.25) is 0 Å². The second-order valence-electron chi connectivity index (χ2n) is 4.74.